The summed E-state index contributed by atoms with van der Waals surface area (Å²) in [5, 5.41) is 1.05. The summed E-state index contributed by atoms with van der Waals surface area (Å²) in [7, 11) is 0. The summed E-state index contributed by atoms with van der Waals surface area (Å²) in [5.74, 6) is 1.63. The van der Waals surface area contributed by atoms with Crippen molar-refractivity contribution >= 4 is 10.9 Å². The lowest BCUT2D eigenvalue weighted by molar-refractivity contribution is 0.483. The second-order valence-electron chi connectivity index (χ2n) is 4.28. The summed E-state index contributed by atoms with van der Waals surface area (Å²) >= 11 is 0. The van der Waals surface area contributed by atoms with Crippen LogP contribution in [0.5, 0.6) is 11.5 Å². The zero-order valence-corrected chi connectivity index (χ0v) is 10.4. The molecule has 0 aliphatic carbocycles. The Kier molecular flexibility index (Phi) is 3.12. The van der Waals surface area contributed by atoms with Crippen molar-refractivity contribution in [3.63, 3.8) is 0 Å². The molecule has 0 bridgehead atoms. The molecule has 3 nitrogen and oxygen atoms in total. The minimum Gasteiger partial charge on any atom is -0.457 e. The van der Waals surface area contributed by atoms with E-state index >= 15 is 0 Å². The monoisotopic (exact) mass is 250 g/mol. The predicted molar refractivity (Wildman–Crippen MR) is 76.2 cm³/mol. The van der Waals surface area contributed by atoms with E-state index in [1.54, 1.807) is 0 Å². The first-order valence-corrected chi connectivity index (χ1v) is 6.18. The van der Waals surface area contributed by atoms with Crippen molar-refractivity contribution in [2.45, 2.75) is 6.54 Å². The van der Waals surface area contributed by atoms with E-state index in [4.69, 9.17) is 10.5 Å². The number of aromatic nitrogens is 1. The maximum absolute atomic E-state index is 5.79. The maximum Gasteiger partial charge on any atom is 0.128 e. The van der Waals surface area contributed by atoms with Gasteiger partial charge in [-0.05, 0) is 36.4 Å². The van der Waals surface area contributed by atoms with Gasteiger partial charge in [0.1, 0.15) is 11.5 Å². The second-order valence-corrected chi connectivity index (χ2v) is 4.28. The van der Waals surface area contributed by atoms with Crippen molar-refractivity contribution < 1.29 is 4.74 Å². The van der Waals surface area contributed by atoms with Gasteiger partial charge in [0.2, 0.25) is 0 Å². The Morgan fingerprint density at radius 3 is 2.53 bits per heavy atom. The minimum absolute atomic E-state index is 0.457. The second kappa shape index (κ2) is 5.08. The highest BCUT2D eigenvalue weighted by Gasteiger charge is 2.01. The topological polar surface area (TPSA) is 48.1 Å². The molecule has 1 heterocycles. The smallest absolute Gasteiger partial charge is 0.128 e. The molecule has 3 rings (SSSR count). The molecule has 0 amide bonds. The van der Waals surface area contributed by atoms with E-state index in [0.717, 1.165) is 28.1 Å². The van der Waals surface area contributed by atoms with Crippen molar-refractivity contribution in [2.75, 3.05) is 0 Å². The number of hydrogen-bond donors (Lipinski definition) is 1. The third kappa shape index (κ3) is 2.56. The molecule has 0 spiro atoms. The Balaban J connectivity index is 1.94. The van der Waals surface area contributed by atoms with Crippen LogP contribution in [0.1, 0.15) is 5.69 Å². The summed E-state index contributed by atoms with van der Waals surface area (Å²) < 4.78 is 5.79. The Labute approximate surface area is 111 Å². The van der Waals surface area contributed by atoms with Crippen LogP contribution in [0, 0.1) is 0 Å². The number of nitrogens with zero attached hydrogens (tertiary/aromatic N) is 1. The van der Waals surface area contributed by atoms with Crippen LogP contribution in [0.3, 0.4) is 0 Å². The maximum atomic E-state index is 5.79. The quantitative estimate of drug-likeness (QED) is 0.774. The van der Waals surface area contributed by atoms with Gasteiger partial charge in [-0.15, -0.1) is 0 Å². The molecule has 0 aliphatic heterocycles. The van der Waals surface area contributed by atoms with Crippen molar-refractivity contribution in [3.8, 4) is 11.5 Å². The zero-order chi connectivity index (χ0) is 13.1. The van der Waals surface area contributed by atoms with Crippen LogP contribution in [-0.2, 0) is 6.54 Å². The minimum atomic E-state index is 0.457. The third-order valence-corrected chi connectivity index (χ3v) is 2.91. The van der Waals surface area contributed by atoms with E-state index < -0.39 is 0 Å². The molecule has 0 saturated heterocycles. The highest BCUT2D eigenvalue weighted by Crippen LogP contribution is 2.24. The van der Waals surface area contributed by atoms with E-state index in [-0.39, 0.29) is 0 Å². The third-order valence-electron chi connectivity index (χ3n) is 2.91. The number of hydrogen-bond acceptors (Lipinski definition) is 3. The van der Waals surface area contributed by atoms with Gasteiger partial charge in [0.25, 0.3) is 0 Å². The van der Waals surface area contributed by atoms with E-state index in [1.165, 1.54) is 0 Å². The van der Waals surface area contributed by atoms with Gasteiger partial charge in [-0.1, -0.05) is 24.3 Å². The fourth-order valence-electron chi connectivity index (χ4n) is 1.95. The van der Waals surface area contributed by atoms with E-state index in [9.17, 15) is 0 Å². The van der Waals surface area contributed by atoms with Crippen LogP contribution in [0.2, 0.25) is 0 Å². The van der Waals surface area contributed by atoms with Crippen LogP contribution in [-0.4, -0.2) is 4.98 Å². The number of para-hydroxylation sites is 1. The molecule has 2 N–H and O–H groups in total. The Bertz CT molecular complexity index is 695. The molecule has 2 aromatic carbocycles. The molecule has 94 valence electrons. The lowest BCUT2D eigenvalue weighted by Crippen LogP contribution is -1.99. The summed E-state index contributed by atoms with van der Waals surface area (Å²) in [4.78, 5) is 4.46. The Hall–Kier alpha value is -2.39. The summed E-state index contributed by atoms with van der Waals surface area (Å²) in [6.07, 6.45) is 0. The number of ether oxygens (including phenoxy) is 1. The predicted octanol–water partition coefficient (Wildman–Crippen LogP) is 3.49. The number of nitrogens with two attached hydrogens (primary N) is 1. The molecule has 0 radical (unpaired) electrons. The summed E-state index contributed by atoms with van der Waals surface area (Å²) in [6.45, 7) is 0.457. The van der Waals surface area contributed by atoms with Crippen molar-refractivity contribution in [3.05, 3.63) is 66.4 Å². The van der Waals surface area contributed by atoms with E-state index in [2.05, 4.69) is 4.98 Å². The fourth-order valence-corrected chi connectivity index (χ4v) is 1.95. The first-order chi connectivity index (χ1) is 9.35. The van der Waals surface area contributed by atoms with Gasteiger partial charge in [0.05, 0.1) is 11.2 Å². The molecular formula is C16H14N2O. The number of benzene rings is 2. The fraction of sp³-hybridized carbons (Fsp3) is 0.0625. The average molecular weight is 250 g/mol. The van der Waals surface area contributed by atoms with Gasteiger partial charge in [0.15, 0.2) is 0 Å². The van der Waals surface area contributed by atoms with E-state index in [1.807, 2.05) is 60.7 Å². The molecule has 0 aliphatic rings. The van der Waals surface area contributed by atoms with Crippen LogP contribution >= 0.6 is 0 Å². The molecule has 19 heavy (non-hydrogen) atoms. The Morgan fingerprint density at radius 1 is 0.895 bits per heavy atom. The Morgan fingerprint density at radius 2 is 1.74 bits per heavy atom. The largest absolute Gasteiger partial charge is 0.457 e. The van der Waals surface area contributed by atoms with Gasteiger partial charge >= 0.3 is 0 Å². The molecule has 0 unspecified atom stereocenters. The van der Waals surface area contributed by atoms with Gasteiger partial charge < -0.3 is 10.5 Å². The van der Waals surface area contributed by atoms with Crippen LogP contribution in [0.15, 0.2) is 60.7 Å². The molecule has 1 aromatic heterocycles. The van der Waals surface area contributed by atoms with Crippen LogP contribution < -0.4 is 10.5 Å². The van der Waals surface area contributed by atoms with Gasteiger partial charge in [0, 0.05) is 11.9 Å². The van der Waals surface area contributed by atoms with Gasteiger partial charge in [-0.3, -0.25) is 4.98 Å². The normalized spacial score (nSPS) is 10.6. The van der Waals surface area contributed by atoms with Crippen LogP contribution in [0.25, 0.3) is 10.9 Å². The average Bonchev–Trinajstić information content (AvgIpc) is 2.48. The molecule has 3 aromatic rings. The standard InChI is InChI=1S/C16H14N2O/c17-11-13-7-6-12-10-15(8-9-16(12)18-13)19-14-4-2-1-3-5-14/h1-10H,11,17H2. The van der Waals surface area contributed by atoms with E-state index in [0.29, 0.717) is 6.54 Å². The lowest BCUT2D eigenvalue weighted by atomic mass is 10.2. The first-order valence-electron chi connectivity index (χ1n) is 6.18. The molecule has 0 saturated carbocycles. The molecular weight excluding hydrogens is 236 g/mol. The molecule has 0 atom stereocenters. The molecule has 3 heteroatoms. The number of fused-ring (bicyclic) bond motifs is 1. The van der Waals surface area contributed by atoms with Crippen molar-refractivity contribution in [1.29, 1.82) is 0 Å². The van der Waals surface area contributed by atoms with Crippen LogP contribution in [0.4, 0.5) is 0 Å². The summed E-state index contributed by atoms with van der Waals surface area (Å²) in [5.41, 5.74) is 7.41. The first kappa shape index (κ1) is 11.7. The van der Waals surface area contributed by atoms with Crippen molar-refractivity contribution in [1.82, 2.24) is 4.98 Å². The van der Waals surface area contributed by atoms with Crippen molar-refractivity contribution in [2.24, 2.45) is 5.73 Å². The van der Waals surface area contributed by atoms with Gasteiger partial charge in [-0.25, -0.2) is 0 Å². The lowest BCUT2D eigenvalue weighted by Gasteiger charge is -2.07. The number of rotatable bonds is 3. The number of pyridine rings is 1. The molecule has 0 fully saturated rings. The SMILES string of the molecule is NCc1ccc2cc(Oc3ccccc3)ccc2n1. The highest BCUT2D eigenvalue weighted by atomic mass is 16.5. The highest BCUT2D eigenvalue weighted by molar-refractivity contribution is 5.80. The zero-order valence-electron chi connectivity index (χ0n) is 10.4. The summed E-state index contributed by atoms with van der Waals surface area (Å²) in [6, 6.07) is 19.5. The van der Waals surface area contributed by atoms with Gasteiger partial charge in [-0.2, -0.15) is 0 Å².